The van der Waals surface area contributed by atoms with Crippen molar-refractivity contribution in [2.45, 2.75) is 18.9 Å². The van der Waals surface area contributed by atoms with Gasteiger partial charge in [0.1, 0.15) is 16.4 Å². The second-order valence-electron chi connectivity index (χ2n) is 4.80. The van der Waals surface area contributed by atoms with Gasteiger partial charge in [0.15, 0.2) is 0 Å². The van der Waals surface area contributed by atoms with E-state index in [2.05, 4.69) is 14.9 Å². The average molecular weight is 307 g/mol. The number of ether oxygens (including phenoxy) is 1. The van der Waals surface area contributed by atoms with Gasteiger partial charge in [-0.25, -0.2) is 4.39 Å². The largest absolute Gasteiger partial charge is 0.376 e. The van der Waals surface area contributed by atoms with Gasteiger partial charge in [0.05, 0.1) is 6.10 Å². The van der Waals surface area contributed by atoms with Gasteiger partial charge in [-0.15, -0.1) is 5.10 Å². The predicted octanol–water partition coefficient (Wildman–Crippen LogP) is 2.25. The summed E-state index contributed by atoms with van der Waals surface area (Å²) in [5.41, 5.74) is 1.15. The molecule has 1 aliphatic rings. The average Bonchev–Trinajstić information content (AvgIpc) is 3.17. The molecular weight excluding hydrogens is 293 g/mol. The van der Waals surface area contributed by atoms with Gasteiger partial charge in [-0.2, -0.15) is 0 Å². The number of hydrogen-bond acceptors (Lipinski definition) is 5. The molecule has 21 heavy (non-hydrogen) atoms. The summed E-state index contributed by atoms with van der Waals surface area (Å²) in [6.07, 6.45) is 2.08. The highest BCUT2D eigenvalue weighted by Crippen LogP contribution is 2.24. The number of carbonyl (C=O) groups is 1. The summed E-state index contributed by atoms with van der Waals surface area (Å²) in [6.45, 7) is 1.24. The van der Waals surface area contributed by atoms with Crippen LogP contribution in [0.1, 0.15) is 22.5 Å². The lowest BCUT2D eigenvalue weighted by Crippen LogP contribution is -2.31. The Morgan fingerprint density at radius 3 is 2.95 bits per heavy atom. The molecular formula is C14H14FN3O2S. The molecule has 1 fully saturated rings. The van der Waals surface area contributed by atoms with Gasteiger partial charge in [0.25, 0.3) is 5.91 Å². The first-order valence-electron chi connectivity index (χ1n) is 6.72. The summed E-state index contributed by atoms with van der Waals surface area (Å²) in [5.74, 6) is -0.550. The minimum atomic E-state index is -0.327. The summed E-state index contributed by atoms with van der Waals surface area (Å²) in [6, 6.07) is 5.84. The van der Waals surface area contributed by atoms with E-state index in [0.717, 1.165) is 31.0 Å². The molecule has 1 atom stereocenters. The highest BCUT2D eigenvalue weighted by atomic mass is 32.1. The van der Waals surface area contributed by atoms with E-state index in [-0.39, 0.29) is 17.8 Å². The van der Waals surface area contributed by atoms with Crippen molar-refractivity contribution >= 4 is 17.4 Å². The lowest BCUT2D eigenvalue weighted by atomic mass is 10.1. The van der Waals surface area contributed by atoms with Crippen molar-refractivity contribution in [1.82, 2.24) is 14.9 Å². The van der Waals surface area contributed by atoms with E-state index in [1.54, 1.807) is 12.1 Å². The molecule has 1 amide bonds. The minimum absolute atomic E-state index is 0.0871. The van der Waals surface area contributed by atoms with E-state index in [1.165, 1.54) is 12.1 Å². The van der Waals surface area contributed by atoms with Crippen LogP contribution in [0.4, 0.5) is 4.39 Å². The van der Waals surface area contributed by atoms with Crippen LogP contribution in [0.15, 0.2) is 24.3 Å². The Balaban J connectivity index is 1.72. The van der Waals surface area contributed by atoms with Crippen LogP contribution in [-0.4, -0.2) is 34.7 Å². The minimum Gasteiger partial charge on any atom is -0.376 e. The lowest BCUT2D eigenvalue weighted by Gasteiger charge is -2.10. The fourth-order valence-corrected chi connectivity index (χ4v) is 2.83. The van der Waals surface area contributed by atoms with E-state index < -0.39 is 0 Å². The molecule has 5 nitrogen and oxygen atoms in total. The highest BCUT2D eigenvalue weighted by Gasteiger charge is 2.20. The van der Waals surface area contributed by atoms with Crippen LogP contribution in [0.25, 0.3) is 11.3 Å². The van der Waals surface area contributed by atoms with Crippen LogP contribution >= 0.6 is 11.5 Å². The standard InChI is InChI=1S/C14H14FN3O2S/c15-10-5-3-9(4-6-10)12-13(21-18-17-12)14(19)16-8-11-2-1-7-20-11/h3-6,11H,1-2,7-8H2,(H,16,19)/t11-/m0/s1. The van der Waals surface area contributed by atoms with Gasteiger partial charge in [0, 0.05) is 18.7 Å². The molecule has 110 valence electrons. The monoisotopic (exact) mass is 307 g/mol. The first kappa shape index (κ1) is 14.1. The van der Waals surface area contributed by atoms with Crippen molar-refractivity contribution < 1.29 is 13.9 Å². The van der Waals surface area contributed by atoms with E-state index in [9.17, 15) is 9.18 Å². The number of hydrogen-bond donors (Lipinski definition) is 1. The first-order valence-corrected chi connectivity index (χ1v) is 7.49. The van der Waals surface area contributed by atoms with Crippen molar-refractivity contribution in [3.8, 4) is 11.3 Å². The van der Waals surface area contributed by atoms with Gasteiger partial charge in [-0.3, -0.25) is 4.79 Å². The molecule has 1 aromatic carbocycles. The third-order valence-electron chi connectivity index (χ3n) is 3.33. The van der Waals surface area contributed by atoms with Gasteiger partial charge in [-0.05, 0) is 48.6 Å². The molecule has 7 heteroatoms. The third kappa shape index (κ3) is 3.25. The van der Waals surface area contributed by atoms with Gasteiger partial charge < -0.3 is 10.1 Å². The number of nitrogens with zero attached hydrogens (tertiary/aromatic N) is 2. The van der Waals surface area contributed by atoms with E-state index >= 15 is 0 Å². The maximum Gasteiger partial charge on any atom is 0.265 e. The molecule has 0 unspecified atom stereocenters. The zero-order chi connectivity index (χ0) is 14.7. The van der Waals surface area contributed by atoms with Crippen LogP contribution in [0.5, 0.6) is 0 Å². The lowest BCUT2D eigenvalue weighted by molar-refractivity contribution is 0.0861. The van der Waals surface area contributed by atoms with Crippen molar-refractivity contribution in [2.24, 2.45) is 0 Å². The van der Waals surface area contributed by atoms with Crippen molar-refractivity contribution in [3.63, 3.8) is 0 Å². The summed E-state index contributed by atoms with van der Waals surface area (Å²) < 4.78 is 22.2. The number of halogens is 1. The first-order chi connectivity index (χ1) is 10.2. The van der Waals surface area contributed by atoms with Crippen LogP contribution in [-0.2, 0) is 4.74 Å². The normalized spacial score (nSPS) is 17.9. The number of aromatic nitrogens is 2. The van der Waals surface area contributed by atoms with E-state index in [1.807, 2.05) is 0 Å². The molecule has 2 heterocycles. The number of amides is 1. The second kappa shape index (κ2) is 6.28. The van der Waals surface area contributed by atoms with Crippen molar-refractivity contribution in [1.29, 1.82) is 0 Å². The predicted molar refractivity (Wildman–Crippen MR) is 76.6 cm³/mol. The molecule has 3 rings (SSSR count). The summed E-state index contributed by atoms with van der Waals surface area (Å²) >= 11 is 1.03. The molecule has 2 aromatic rings. The van der Waals surface area contributed by atoms with Crippen LogP contribution in [0, 0.1) is 5.82 Å². The SMILES string of the molecule is O=C(NC[C@@H]1CCCO1)c1snnc1-c1ccc(F)cc1. The fraction of sp³-hybridized carbons (Fsp3) is 0.357. The summed E-state index contributed by atoms with van der Waals surface area (Å²) in [4.78, 5) is 12.6. The molecule has 1 saturated heterocycles. The quantitative estimate of drug-likeness (QED) is 0.941. The Morgan fingerprint density at radius 2 is 2.24 bits per heavy atom. The Morgan fingerprint density at radius 1 is 1.43 bits per heavy atom. The summed E-state index contributed by atoms with van der Waals surface area (Å²) in [7, 11) is 0. The Hall–Kier alpha value is -1.86. The van der Waals surface area contributed by atoms with Gasteiger partial charge in [-0.1, -0.05) is 4.49 Å². The number of rotatable bonds is 4. The maximum atomic E-state index is 13.0. The highest BCUT2D eigenvalue weighted by molar-refractivity contribution is 7.08. The van der Waals surface area contributed by atoms with Crippen molar-refractivity contribution in [3.05, 3.63) is 35.0 Å². The molecule has 0 saturated carbocycles. The van der Waals surface area contributed by atoms with Crippen molar-refractivity contribution in [2.75, 3.05) is 13.2 Å². The molecule has 1 aromatic heterocycles. The fourth-order valence-electron chi connectivity index (χ4n) is 2.23. The Labute approximate surface area is 125 Å². The second-order valence-corrected chi connectivity index (χ2v) is 5.56. The van der Waals surface area contributed by atoms with E-state index in [0.29, 0.717) is 22.7 Å². The van der Waals surface area contributed by atoms with Crippen LogP contribution in [0.2, 0.25) is 0 Å². The molecule has 0 radical (unpaired) electrons. The van der Waals surface area contributed by atoms with Crippen LogP contribution in [0.3, 0.4) is 0 Å². The Bertz CT molecular complexity index is 623. The van der Waals surface area contributed by atoms with Gasteiger partial charge in [0.2, 0.25) is 0 Å². The molecule has 0 bridgehead atoms. The Kier molecular flexibility index (Phi) is 4.21. The summed E-state index contributed by atoms with van der Waals surface area (Å²) in [5, 5.41) is 6.81. The maximum absolute atomic E-state index is 13.0. The topological polar surface area (TPSA) is 64.1 Å². The van der Waals surface area contributed by atoms with Gasteiger partial charge >= 0.3 is 0 Å². The third-order valence-corrected chi connectivity index (χ3v) is 4.05. The zero-order valence-corrected chi connectivity index (χ0v) is 12.0. The zero-order valence-electron chi connectivity index (χ0n) is 11.2. The number of carbonyl (C=O) groups excluding carboxylic acids is 1. The van der Waals surface area contributed by atoms with Crippen LogP contribution < -0.4 is 5.32 Å². The molecule has 0 spiro atoms. The van der Waals surface area contributed by atoms with E-state index in [4.69, 9.17) is 4.74 Å². The smallest absolute Gasteiger partial charge is 0.265 e. The molecule has 1 aliphatic heterocycles. The molecule has 1 N–H and O–H groups in total. The number of benzene rings is 1. The number of nitrogens with one attached hydrogen (secondary N) is 1. The molecule has 0 aliphatic carbocycles.